The van der Waals surface area contributed by atoms with E-state index in [2.05, 4.69) is 0 Å². The zero-order chi connectivity index (χ0) is 17.0. The highest BCUT2D eigenvalue weighted by molar-refractivity contribution is 5.69. The second-order valence-electron chi connectivity index (χ2n) is 6.53. The molecule has 1 heterocycles. The van der Waals surface area contributed by atoms with Gasteiger partial charge >= 0.3 is 6.09 Å². The van der Waals surface area contributed by atoms with Gasteiger partial charge in [-0.2, -0.15) is 0 Å². The number of aliphatic hydroxyl groups excluding tert-OH is 1. The van der Waals surface area contributed by atoms with Crippen LogP contribution in [-0.2, 0) is 9.47 Å². The molecule has 0 radical (unpaired) electrons. The summed E-state index contributed by atoms with van der Waals surface area (Å²) in [7, 11) is 1.59. The average molecular weight is 323 g/mol. The smallest absolute Gasteiger partial charge is 0.410 e. The van der Waals surface area contributed by atoms with E-state index >= 15 is 0 Å². The molecule has 1 amide bonds. The first-order chi connectivity index (χ1) is 10.8. The van der Waals surface area contributed by atoms with E-state index in [9.17, 15) is 9.90 Å². The number of amides is 1. The van der Waals surface area contributed by atoms with E-state index in [1.54, 1.807) is 36.3 Å². The number of nitrogens with zero attached hydrogens (tertiary/aromatic N) is 1. The van der Waals surface area contributed by atoms with Crippen molar-refractivity contribution in [3.05, 3.63) is 29.8 Å². The molecule has 1 fully saturated rings. The SMILES string of the molecule is COc1ccc(C(O)C2COCCN2C(=O)OC(C)(C)C)cc1. The predicted molar refractivity (Wildman–Crippen MR) is 85.5 cm³/mol. The van der Waals surface area contributed by atoms with Gasteiger partial charge in [0.05, 0.1) is 26.4 Å². The largest absolute Gasteiger partial charge is 0.497 e. The lowest BCUT2D eigenvalue weighted by molar-refractivity contribution is -0.0672. The van der Waals surface area contributed by atoms with E-state index in [1.807, 2.05) is 20.8 Å². The van der Waals surface area contributed by atoms with Crippen molar-refractivity contribution in [2.24, 2.45) is 0 Å². The van der Waals surface area contributed by atoms with Gasteiger partial charge in [0.15, 0.2) is 0 Å². The Balaban J connectivity index is 2.14. The van der Waals surface area contributed by atoms with Crippen LogP contribution in [0.1, 0.15) is 32.4 Å². The van der Waals surface area contributed by atoms with Gasteiger partial charge in [-0.25, -0.2) is 4.79 Å². The lowest BCUT2D eigenvalue weighted by atomic mass is 10.0. The Bertz CT molecular complexity index is 523. The number of morpholine rings is 1. The van der Waals surface area contributed by atoms with Crippen LogP contribution in [0.2, 0.25) is 0 Å². The first-order valence-electron chi connectivity index (χ1n) is 7.71. The molecule has 1 N–H and O–H groups in total. The molecule has 2 unspecified atom stereocenters. The minimum Gasteiger partial charge on any atom is -0.497 e. The van der Waals surface area contributed by atoms with Crippen LogP contribution in [0.3, 0.4) is 0 Å². The third-order valence-corrected chi connectivity index (χ3v) is 3.62. The molecule has 6 nitrogen and oxygen atoms in total. The first-order valence-corrected chi connectivity index (χ1v) is 7.71. The maximum atomic E-state index is 12.4. The van der Waals surface area contributed by atoms with Crippen LogP contribution >= 0.6 is 0 Å². The third-order valence-electron chi connectivity index (χ3n) is 3.62. The summed E-state index contributed by atoms with van der Waals surface area (Å²) in [5.74, 6) is 0.713. The van der Waals surface area contributed by atoms with E-state index in [-0.39, 0.29) is 6.61 Å². The monoisotopic (exact) mass is 323 g/mol. The van der Waals surface area contributed by atoms with Crippen molar-refractivity contribution in [3.8, 4) is 5.75 Å². The van der Waals surface area contributed by atoms with Crippen molar-refractivity contribution < 1.29 is 24.1 Å². The molecule has 0 aromatic heterocycles. The van der Waals surface area contributed by atoms with Crippen LogP contribution in [0, 0.1) is 0 Å². The fourth-order valence-corrected chi connectivity index (χ4v) is 2.45. The highest BCUT2D eigenvalue weighted by Gasteiger charge is 2.35. The fourth-order valence-electron chi connectivity index (χ4n) is 2.45. The summed E-state index contributed by atoms with van der Waals surface area (Å²) in [5, 5.41) is 10.7. The van der Waals surface area contributed by atoms with Crippen molar-refractivity contribution in [2.75, 3.05) is 26.9 Å². The topological polar surface area (TPSA) is 68.2 Å². The van der Waals surface area contributed by atoms with Crippen LogP contribution in [0.5, 0.6) is 5.75 Å². The van der Waals surface area contributed by atoms with E-state index < -0.39 is 23.8 Å². The maximum Gasteiger partial charge on any atom is 0.410 e. The zero-order valence-electron chi connectivity index (χ0n) is 14.1. The highest BCUT2D eigenvalue weighted by atomic mass is 16.6. The minimum atomic E-state index is -0.853. The van der Waals surface area contributed by atoms with Crippen LogP contribution in [0.15, 0.2) is 24.3 Å². The van der Waals surface area contributed by atoms with Crippen molar-refractivity contribution in [1.82, 2.24) is 4.90 Å². The fraction of sp³-hybridized carbons (Fsp3) is 0.588. The summed E-state index contributed by atoms with van der Waals surface area (Å²) >= 11 is 0. The van der Waals surface area contributed by atoms with Crippen LogP contribution in [0.4, 0.5) is 4.79 Å². The molecule has 23 heavy (non-hydrogen) atoms. The average Bonchev–Trinajstić information content (AvgIpc) is 2.52. The molecular weight excluding hydrogens is 298 g/mol. The summed E-state index contributed by atoms with van der Waals surface area (Å²) in [6.07, 6.45) is -1.29. The molecule has 2 atom stereocenters. The van der Waals surface area contributed by atoms with E-state index in [0.29, 0.717) is 24.5 Å². The Kier molecular flexibility index (Phi) is 5.49. The van der Waals surface area contributed by atoms with Gasteiger partial charge in [0.25, 0.3) is 0 Å². The summed E-state index contributed by atoms with van der Waals surface area (Å²) in [5.41, 5.74) is 0.125. The summed E-state index contributed by atoms with van der Waals surface area (Å²) in [6.45, 7) is 6.56. The lowest BCUT2D eigenvalue weighted by Gasteiger charge is -2.38. The number of hydrogen-bond acceptors (Lipinski definition) is 5. The number of carbonyl (C=O) groups is 1. The Morgan fingerprint density at radius 3 is 2.57 bits per heavy atom. The van der Waals surface area contributed by atoms with Gasteiger partial charge in [0.1, 0.15) is 17.5 Å². The van der Waals surface area contributed by atoms with Gasteiger partial charge in [0, 0.05) is 6.54 Å². The quantitative estimate of drug-likeness (QED) is 0.925. The van der Waals surface area contributed by atoms with Crippen molar-refractivity contribution in [3.63, 3.8) is 0 Å². The molecule has 0 aliphatic carbocycles. The summed E-state index contributed by atoms with van der Waals surface area (Å²) < 4.78 is 16.0. The van der Waals surface area contributed by atoms with Crippen LogP contribution < -0.4 is 4.74 Å². The zero-order valence-corrected chi connectivity index (χ0v) is 14.1. The van der Waals surface area contributed by atoms with Gasteiger partial charge in [-0.05, 0) is 38.5 Å². The molecular formula is C17H25NO5. The van der Waals surface area contributed by atoms with Gasteiger partial charge in [-0.15, -0.1) is 0 Å². The molecule has 1 aromatic carbocycles. The molecule has 6 heteroatoms. The second kappa shape index (κ2) is 7.19. The molecule has 0 saturated carbocycles. The number of rotatable bonds is 3. The standard InChI is InChI=1S/C17H25NO5/c1-17(2,3)23-16(20)18-9-10-22-11-14(18)15(19)12-5-7-13(21-4)8-6-12/h5-8,14-15,19H,9-11H2,1-4H3. The normalized spacial score (nSPS) is 20.0. The lowest BCUT2D eigenvalue weighted by Crippen LogP contribution is -2.52. The maximum absolute atomic E-state index is 12.4. The Hall–Kier alpha value is -1.79. The molecule has 128 valence electrons. The Labute approximate surface area is 136 Å². The molecule has 0 bridgehead atoms. The summed E-state index contributed by atoms with van der Waals surface area (Å²) in [4.78, 5) is 13.9. The molecule has 2 rings (SSSR count). The number of ether oxygens (including phenoxy) is 3. The Morgan fingerprint density at radius 1 is 1.35 bits per heavy atom. The highest BCUT2D eigenvalue weighted by Crippen LogP contribution is 2.26. The van der Waals surface area contributed by atoms with Gasteiger partial charge in [-0.3, -0.25) is 4.90 Å². The van der Waals surface area contributed by atoms with Gasteiger partial charge in [-0.1, -0.05) is 12.1 Å². The van der Waals surface area contributed by atoms with Gasteiger partial charge < -0.3 is 19.3 Å². The van der Waals surface area contributed by atoms with Gasteiger partial charge in [0.2, 0.25) is 0 Å². The van der Waals surface area contributed by atoms with E-state index in [4.69, 9.17) is 14.2 Å². The van der Waals surface area contributed by atoms with Crippen molar-refractivity contribution in [2.45, 2.75) is 38.5 Å². The molecule has 1 aromatic rings. The number of aliphatic hydroxyl groups is 1. The number of carbonyl (C=O) groups excluding carboxylic acids is 1. The third kappa shape index (κ3) is 4.59. The predicted octanol–water partition coefficient (Wildman–Crippen LogP) is 2.36. The molecule has 1 aliphatic heterocycles. The Morgan fingerprint density at radius 2 is 2.00 bits per heavy atom. The number of benzene rings is 1. The molecule has 0 spiro atoms. The number of methoxy groups -OCH3 is 1. The molecule has 1 aliphatic rings. The summed E-state index contributed by atoms with van der Waals surface area (Å²) in [6, 6.07) is 6.64. The first kappa shape index (κ1) is 17.6. The van der Waals surface area contributed by atoms with Crippen LogP contribution in [0.25, 0.3) is 0 Å². The van der Waals surface area contributed by atoms with E-state index in [0.717, 1.165) is 0 Å². The second-order valence-corrected chi connectivity index (χ2v) is 6.53. The van der Waals surface area contributed by atoms with Crippen LogP contribution in [-0.4, -0.2) is 54.6 Å². The van der Waals surface area contributed by atoms with Crippen molar-refractivity contribution in [1.29, 1.82) is 0 Å². The molecule has 1 saturated heterocycles. The van der Waals surface area contributed by atoms with Crippen molar-refractivity contribution >= 4 is 6.09 Å². The van der Waals surface area contributed by atoms with E-state index in [1.165, 1.54) is 0 Å². The minimum absolute atomic E-state index is 0.270. The number of hydrogen-bond donors (Lipinski definition) is 1.